The Balaban J connectivity index is 1.74. The average Bonchev–Trinajstić information content (AvgIpc) is 3.03. The van der Waals surface area contributed by atoms with Gasteiger partial charge in [0.2, 0.25) is 0 Å². The van der Waals surface area contributed by atoms with Crippen LogP contribution in [0.5, 0.6) is 0 Å². The maximum absolute atomic E-state index is 6.50. The van der Waals surface area contributed by atoms with Gasteiger partial charge >= 0.3 is 0 Å². The van der Waals surface area contributed by atoms with Crippen LogP contribution in [0.4, 0.5) is 5.69 Å². The third-order valence-electron chi connectivity index (χ3n) is 5.52. The second-order valence-electron chi connectivity index (χ2n) is 8.20. The van der Waals surface area contributed by atoms with Crippen LogP contribution < -0.4 is 5.32 Å². The van der Waals surface area contributed by atoms with Gasteiger partial charge in [0.05, 0.1) is 16.8 Å². The molecule has 2 aliphatic rings. The second-order valence-corrected chi connectivity index (χ2v) is 9.04. The molecule has 0 bridgehead atoms. The van der Waals surface area contributed by atoms with Crippen LogP contribution in [0.15, 0.2) is 48.6 Å². The first-order chi connectivity index (χ1) is 11.8. The lowest BCUT2D eigenvalue weighted by Crippen LogP contribution is -2.29. The molecule has 3 atom stereocenters. The van der Waals surface area contributed by atoms with Crippen LogP contribution in [0.3, 0.4) is 0 Å². The van der Waals surface area contributed by atoms with Crippen LogP contribution in [0, 0.1) is 5.92 Å². The Morgan fingerprint density at radius 3 is 2.44 bits per heavy atom. The van der Waals surface area contributed by atoms with E-state index in [9.17, 15) is 0 Å². The number of benzene rings is 2. The highest BCUT2D eigenvalue weighted by molar-refractivity contribution is 6.36. The van der Waals surface area contributed by atoms with E-state index in [0.29, 0.717) is 21.9 Å². The topological polar surface area (TPSA) is 12.0 Å². The van der Waals surface area contributed by atoms with Crippen molar-refractivity contribution in [2.24, 2.45) is 5.92 Å². The number of rotatable bonds is 1. The minimum atomic E-state index is 0.169. The fourth-order valence-corrected chi connectivity index (χ4v) is 4.71. The molecule has 0 saturated carbocycles. The molecule has 3 heteroatoms. The SMILES string of the molecule is CC(C)(C)c1ccc([C@@H]2Nc3c(Cl)cc(Cl)cc3[C@@H]3C=CC[C@H]32)cc1. The zero-order chi connectivity index (χ0) is 17.8. The van der Waals surface area contributed by atoms with E-state index >= 15 is 0 Å². The van der Waals surface area contributed by atoms with E-state index < -0.39 is 0 Å². The molecule has 130 valence electrons. The Labute approximate surface area is 160 Å². The van der Waals surface area contributed by atoms with Gasteiger partial charge in [-0.15, -0.1) is 0 Å². The maximum Gasteiger partial charge on any atom is 0.0655 e. The van der Waals surface area contributed by atoms with E-state index in [4.69, 9.17) is 23.2 Å². The number of hydrogen-bond donors (Lipinski definition) is 1. The molecule has 1 heterocycles. The lowest BCUT2D eigenvalue weighted by atomic mass is 9.76. The summed E-state index contributed by atoms with van der Waals surface area (Å²) in [7, 11) is 0. The molecule has 4 rings (SSSR count). The molecule has 0 fully saturated rings. The molecule has 0 unspecified atom stereocenters. The molecule has 1 aliphatic heterocycles. The van der Waals surface area contributed by atoms with Crippen molar-refractivity contribution in [2.45, 2.75) is 44.6 Å². The van der Waals surface area contributed by atoms with Crippen LogP contribution in [-0.2, 0) is 5.41 Å². The molecule has 1 nitrogen and oxygen atoms in total. The van der Waals surface area contributed by atoms with Crippen molar-refractivity contribution in [1.82, 2.24) is 0 Å². The van der Waals surface area contributed by atoms with Crippen molar-refractivity contribution >= 4 is 28.9 Å². The van der Waals surface area contributed by atoms with E-state index in [-0.39, 0.29) is 11.5 Å². The Morgan fingerprint density at radius 2 is 1.76 bits per heavy atom. The normalized spacial score (nSPS) is 24.6. The first-order valence-electron chi connectivity index (χ1n) is 8.87. The zero-order valence-electron chi connectivity index (χ0n) is 14.8. The highest BCUT2D eigenvalue weighted by Crippen LogP contribution is 2.52. The van der Waals surface area contributed by atoms with Gasteiger partial charge in [0.25, 0.3) is 0 Å². The summed E-state index contributed by atoms with van der Waals surface area (Å²) in [6.07, 6.45) is 5.68. The molecule has 0 amide bonds. The molecule has 1 N–H and O–H groups in total. The highest BCUT2D eigenvalue weighted by atomic mass is 35.5. The van der Waals surface area contributed by atoms with Gasteiger partial charge in [-0.2, -0.15) is 0 Å². The van der Waals surface area contributed by atoms with Gasteiger partial charge in [-0.1, -0.05) is 80.4 Å². The first-order valence-corrected chi connectivity index (χ1v) is 9.63. The number of nitrogens with one attached hydrogen (secondary N) is 1. The van der Waals surface area contributed by atoms with Crippen LogP contribution >= 0.6 is 23.2 Å². The minimum Gasteiger partial charge on any atom is -0.376 e. The number of anilines is 1. The number of allylic oxidation sites excluding steroid dienone is 2. The van der Waals surface area contributed by atoms with Gasteiger partial charge in [0, 0.05) is 10.9 Å². The monoisotopic (exact) mass is 371 g/mol. The summed E-state index contributed by atoms with van der Waals surface area (Å²) in [5.41, 5.74) is 5.10. The summed E-state index contributed by atoms with van der Waals surface area (Å²) in [6.45, 7) is 6.74. The predicted molar refractivity (Wildman–Crippen MR) is 108 cm³/mol. The van der Waals surface area contributed by atoms with Crippen molar-refractivity contribution in [2.75, 3.05) is 5.32 Å². The molecule has 2 aromatic carbocycles. The van der Waals surface area contributed by atoms with Gasteiger partial charge in [0.15, 0.2) is 0 Å². The largest absolute Gasteiger partial charge is 0.376 e. The number of hydrogen-bond acceptors (Lipinski definition) is 1. The van der Waals surface area contributed by atoms with Gasteiger partial charge in [-0.25, -0.2) is 0 Å². The number of halogens is 2. The standard InChI is InChI=1S/C22H23Cl2N/c1-22(2,3)14-9-7-13(8-10-14)20-17-6-4-5-16(17)18-11-15(23)12-19(24)21(18)25-20/h4-5,7-12,16-17,20,25H,6H2,1-3H3/t16-,17-,20+/m1/s1. The zero-order valence-corrected chi connectivity index (χ0v) is 16.3. The summed E-state index contributed by atoms with van der Waals surface area (Å²) in [6, 6.07) is 13.2. The second kappa shape index (κ2) is 6.07. The molecule has 2 aromatic rings. The minimum absolute atomic E-state index is 0.169. The summed E-state index contributed by atoms with van der Waals surface area (Å²) in [5.74, 6) is 0.877. The molecule has 25 heavy (non-hydrogen) atoms. The van der Waals surface area contributed by atoms with Crippen molar-refractivity contribution < 1.29 is 0 Å². The van der Waals surface area contributed by atoms with Crippen LogP contribution in [0.1, 0.15) is 55.8 Å². The summed E-state index contributed by atoms with van der Waals surface area (Å²) in [4.78, 5) is 0. The molecule has 0 radical (unpaired) electrons. The van der Waals surface area contributed by atoms with Gasteiger partial charge in [0.1, 0.15) is 0 Å². The van der Waals surface area contributed by atoms with Gasteiger partial charge < -0.3 is 5.32 Å². The Hall–Kier alpha value is -1.44. The maximum atomic E-state index is 6.50. The van der Waals surface area contributed by atoms with Crippen molar-refractivity contribution in [3.63, 3.8) is 0 Å². The molecular weight excluding hydrogens is 349 g/mol. The third kappa shape index (κ3) is 2.98. The Kier molecular flexibility index (Phi) is 4.13. The first kappa shape index (κ1) is 17.0. The van der Waals surface area contributed by atoms with E-state index in [0.717, 1.165) is 12.1 Å². The third-order valence-corrected chi connectivity index (χ3v) is 6.04. The Morgan fingerprint density at radius 1 is 1.04 bits per heavy atom. The van der Waals surface area contributed by atoms with Crippen molar-refractivity contribution in [3.8, 4) is 0 Å². The molecular formula is C22H23Cl2N. The average molecular weight is 372 g/mol. The lowest BCUT2D eigenvalue weighted by molar-refractivity contribution is 0.425. The van der Waals surface area contributed by atoms with Crippen molar-refractivity contribution in [3.05, 3.63) is 75.3 Å². The highest BCUT2D eigenvalue weighted by Gasteiger charge is 2.38. The Bertz CT molecular complexity index is 830. The molecule has 0 saturated heterocycles. The molecule has 0 spiro atoms. The fourth-order valence-electron chi connectivity index (χ4n) is 4.14. The van der Waals surface area contributed by atoms with E-state index in [1.54, 1.807) is 0 Å². The van der Waals surface area contributed by atoms with Crippen LogP contribution in [0.25, 0.3) is 0 Å². The smallest absolute Gasteiger partial charge is 0.0655 e. The van der Waals surface area contributed by atoms with E-state index in [1.165, 1.54) is 16.7 Å². The van der Waals surface area contributed by atoms with Crippen LogP contribution in [-0.4, -0.2) is 0 Å². The molecule has 1 aliphatic carbocycles. The summed E-state index contributed by atoms with van der Waals surface area (Å²) in [5, 5.41) is 5.12. The number of fused-ring (bicyclic) bond motifs is 3. The fraction of sp³-hybridized carbons (Fsp3) is 0.364. The van der Waals surface area contributed by atoms with Crippen molar-refractivity contribution in [1.29, 1.82) is 0 Å². The lowest BCUT2D eigenvalue weighted by Gasteiger charge is -2.38. The summed E-state index contributed by atoms with van der Waals surface area (Å²) >= 11 is 12.8. The van der Waals surface area contributed by atoms with Gasteiger partial charge in [-0.3, -0.25) is 0 Å². The molecule has 0 aromatic heterocycles. The quantitative estimate of drug-likeness (QED) is 0.526. The van der Waals surface area contributed by atoms with E-state index in [1.807, 2.05) is 6.07 Å². The van der Waals surface area contributed by atoms with Crippen LogP contribution in [0.2, 0.25) is 10.0 Å². The predicted octanol–water partition coefficient (Wildman–Crippen LogP) is 7.12. The van der Waals surface area contributed by atoms with Gasteiger partial charge in [-0.05, 0) is 46.6 Å². The summed E-state index contributed by atoms with van der Waals surface area (Å²) < 4.78 is 0. The van der Waals surface area contributed by atoms with E-state index in [2.05, 4.69) is 68.6 Å².